The van der Waals surface area contributed by atoms with Gasteiger partial charge in [0.15, 0.2) is 5.96 Å². The maximum Gasteiger partial charge on any atom is 0.216 e. The molecular formula is C17H34N4O2. The van der Waals surface area contributed by atoms with Gasteiger partial charge in [0, 0.05) is 46.3 Å². The fourth-order valence-corrected chi connectivity index (χ4v) is 3.05. The summed E-state index contributed by atoms with van der Waals surface area (Å²) >= 11 is 0. The Kier molecular flexibility index (Phi) is 9.67. The molecule has 23 heavy (non-hydrogen) atoms. The van der Waals surface area contributed by atoms with E-state index < -0.39 is 0 Å². The molecule has 0 spiro atoms. The summed E-state index contributed by atoms with van der Waals surface area (Å²) in [6.07, 6.45) is 6.18. The molecule has 0 atom stereocenters. The quantitative estimate of drug-likeness (QED) is 0.324. The van der Waals surface area contributed by atoms with Gasteiger partial charge in [0.1, 0.15) is 0 Å². The molecule has 0 aromatic carbocycles. The van der Waals surface area contributed by atoms with Crippen LogP contribution in [-0.2, 0) is 9.53 Å². The van der Waals surface area contributed by atoms with Gasteiger partial charge in [0.05, 0.1) is 0 Å². The first kappa shape index (κ1) is 19.7. The summed E-state index contributed by atoms with van der Waals surface area (Å²) in [5.41, 5.74) is 0.301. The van der Waals surface area contributed by atoms with Crippen LogP contribution in [0.1, 0.15) is 52.9 Å². The molecule has 1 saturated carbocycles. The third kappa shape index (κ3) is 8.21. The van der Waals surface area contributed by atoms with Gasteiger partial charge < -0.3 is 20.7 Å². The zero-order valence-electron chi connectivity index (χ0n) is 15.0. The normalized spacial score (nSPS) is 17.1. The summed E-state index contributed by atoms with van der Waals surface area (Å²) in [7, 11) is 0. The maximum atomic E-state index is 10.9. The fraction of sp³-hybridized carbons (Fsp3) is 0.882. The van der Waals surface area contributed by atoms with Crippen LogP contribution in [0.5, 0.6) is 0 Å². The Morgan fingerprint density at radius 2 is 1.83 bits per heavy atom. The van der Waals surface area contributed by atoms with Crippen LogP contribution in [0.4, 0.5) is 0 Å². The highest BCUT2D eigenvalue weighted by atomic mass is 16.5. The average Bonchev–Trinajstić information content (AvgIpc) is 2.98. The molecule has 0 aliphatic heterocycles. The van der Waals surface area contributed by atoms with Crippen LogP contribution >= 0.6 is 0 Å². The molecule has 0 unspecified atom stereocenters. The standard InChI is InChI=1S/C17H34N4O2/c1-4-18-16(20-12-11-19-15(3)22)21-14-17(8-6-7-9-17)10-13-23-5-2/h4-14H2,1-3H3,(H,19,22)(H2,18,20,21). The highest BCUT2D eigenvalue weighted by Crippen LogP contribution is 2.41. The van der Waals surface area contributed by atoms with Gasteiger partial charge in [-0.25, -0.2) is 0 Å². The van der Waals surface area contributed by atoms with Crippen LogP contribution < -0.4 is 16.0 Å². The Morgan fingerprint density at radius 1 is 1.13 bits per heavy atom. The monoisotopic (exact) mass is 326 g/mol. The molecule has 0 aromatic heterocycles. The highest BCUT2D eigenvalue weighted by molar-refractivity contribution is 5.79. The minimum atomic E-state index is -0.00503. The highest BCUT2D eigenvalue weighted by Gasteiger charge is 2.33. The number of guanidine groups is 1. The first-order valence-electron chi connectivity index (χ1n) is 8.96. The van der Waals surface area contributed by atoms with Crippen molar-refractivity contribution in [3.05, 3.63) is 0 Å². The Labute approximate surface area is 140 Å². The van der Waals surface area contributed by atoms with E-state index >= 15 is 0 Å². The molecule has 1 aliphatic rings. The van der Waals surface area contributed by atoms with Gasteiger partial charge in [0.25, 0.3) is 0 Å². The van der Waals surface area contributed by atoms with E-state index in [4.69, 9.17) is 9.73 Å². The molecule has 134 valence electrons. The minimum absolute atomic E-state index is 0.00503. The van der Waals surface area contributed by atoms with Crippen molar-refractivity contribution >= 4 is 11.9 Å². The first-order valence-corrected chi connectivity index (χ1v) is 8.96. The van der Waals surface area contributed by atoms with E-state index in [1.165, 1.54) is 32.6 Å². The summed E-state index contributed by atoms with van der Waals surface area (Å²) in [5, 5.41) is 9.33. The summed E-state index contributed by atoms with van der Waals surface area (Å²) in [6, 6.07) is 0. The third-order valence-corrected chi connectivity index (χ3v) is 4.35. The molecule has 1 rings (SSSR count). The molecule has 1 fully saturated rings. The number of hydrogen-bond donors (Lipinski definition) is 3. The molecule has 6 heteroatoms. The van der Waals surface area contributed by atoms with Gasteiger partial charge in [-0.15, -0.1) is 0 Å². The van der Waals surface area contributed by atoms with Crippen LogP contribution in [0.15, 0.2) is 4.99 Å². The van der Waals surface area contributed by atoms with Gasteiger partial charge in [-0.1, -0.05) is 12.8 Å². The van der Waals surface area contributed by atoms with Gasteiger partial charge >= 0.3 is 0 Å². The van der Waals surface area contributed by atoms with Crippen molar-refractivity contribution in [2.75, 3.05) is 39.4 Å². The second-order valence-electron chi connectivity index (χ2n) is 6.26. The predicted octanol–water partition coefficient (Wildman–Crippen LogP) is 1.66. The fourth-order valence-electron chi connectivity index (χ4n) is 3.05. The van der Waals surface area contributed by atoms with E-state index in [2.05, 4.69) is 22.9 Å². The first-order chi connectivity index (χ1) is 11.1. The second-order valence-corrected chi connectivity index (χ2v) is 6.26. The van der Waals surface area contributed by atoms with E-state index in [-0.39, 0.29) is 5.91 Å². The van der Waals surface area contributed by atoms with Gasteiger partial charge in [0.2, 0.25) is 5.91 Å². The Morgan fingerprint density at radius 3 is 2.43 bits per heavy atom. The number of carbonyl (C=O) groups excluding carboxylic acids is 1. The zero-order chi connectivity index (χ0) is 17.0. The molecule has 1 aliphatic carbocycles. The number of nitrogens with zero attached hydrogens (tertiary/aromatic N) is 1. The van der Waals surface area contributed by atoms with Gasteiger partial charge in [-0.3, -0.25) is 9.79 Å². The van der Waals surface area contributed by atoms with E-state index in [9.17, 15) is 4.79 Å². The van der Waals surface area contributed by atoms with E-state index in [0.29, 0.717) is 18.5 Å². The van der Waals surface area contributed by atoms with Crippen LogP contribution in [0, 0.1) is 5.41 Å². The summed E-state index contributed by atoms with van der Waals surface area (Å²) in [5.74, 6) is 0.829. The van der Waals surface area contributed by atoms with Gasteiger partial charge in [-0.05, 0) is 38.5 Å². The molecule has 6 nitrogen and oxygen atoms in total. The average molecular weight is 326 g/mol. The molecule has 0 bridgehead atoms. The molecule has 0 heterocycles. The molecule has 0 radical (unpaired) electrons. The topological polar surface area (TPSA) is 74.8 Å². The van der Waals surface area contributed by atoms with Gasteiger partial charge in [-0.2, -0.15) is 0 Å². The summed E-state index contributed by atoms with van der Waals surface area (Å²) < 4.78 is 5.56. The number of carbonyl (C=O) groups is 1. The lowest BCUT2D eigenvalue weighted by Gasteiger charge is -2.27. The minimum Gasteiger partial charge on any atom is -0.382 e. The van der Waals surface area contributed by atoms with Crippen LogP contribution in [0.2, 0.25) is 0 Å². The Balaban J connectivity index is 2.49. The lowest BCUT2D eigenvalue weighted by molar-refractivity contribution is -0.118. The maximum absolute atomic E-state index is 10.9. The molecular weight excluding hydrogens is 292 g/mol. The van der Waals surface area contributed by atoms with Crippen LogP contribution in [-0.4, -0.2) is 51.3 Å². The van der Waals surface area contributed by atoms with Crippen molar-refractivity contribution in [1.82, 2.24) is 16.0 Å². The van der Waals surface area contributed by atoms with Crippen molar-refractivity contribution in [2.45, 2.75) is 52.9 Å². The van der Waals surface area contributed by atoms with E-state index in [0.717, 1.165) is 38.7 Å². The SMILES string of the molecule is CCNC(=NCC1(CCOCC)CCCC1)NCCNC(C)=O. The summed E-state index contributed by atoms with van der Waals surface area (Å²) in [4.78, 5) is 15.7. The predicted molar refractivity (Wildman–Crippen MR) is 94.7 cm³/mol. The van der Waals surface area contributed by atoms with E-state index in [1.54, 1.807) is 0 Å². The van der Waals surface area contributed by atoms with Crippen molar-refractivity contribution in [2.24, 2.45) is 10.4 Å². The number of amides is 1. The molecule has 0 aromatic rings. The number of ether oxygens (including phenoxy) is 1. The van der Waals surface area contributed by atoms with Crippen LogP contribution in [0.3, 0.4) is 0 Å². The smallest absolute Gasteiger partial charge is 0.216 e. The van der Waals surface area contributed by atoms with Crippen molar-refractivity contribution in [3.63, 3.8) is 0 Å². The number of rotatable bonds is 10. The van der Waals surface area contributed by atoms with Crippen molar-refractivity contribution in [3.8, 4) is 0 Å². The molecule has 0 saturated heterocycles. The zero-order valence-corrected chi connectivity index (χ0v) is 15.0. The number of aliphatic imine (C=N–C) groups is 1. The van der Waals surface area contributed by atoms with Crippen LogP contribution in [0.25, 0.3) is 0 Å². The summed E-state index contributed by atoms with van der Waals surface area (Å²) in [6.45, 7) is 10.2. The van der Waals surface area contributed by atoms with E-state index in [1.807, 2.05) is 6.92 Å². The Bertz CT molecular complexity index is 366. The number of hydrogen-bond acceptors (Lipinski definition) is 3. The number of nitrogens with one attached hydrogen (secondary N) is 3. The lowest BCUT2D eigenvalue weighted by atomic mass is 9.83. The Hall–Kier alpha value is -1.30. The molecule has 1 amide bonds. The third-order valence-electron chi connectivity index (χ3n) is 4.35. The largest absolute Gasteiger partial charge is 0.382 e. The van der Waals surface area contributed by atoms with Crippen molar-refractivity contribution in [1.29, 1.82) is 0 Å². The van der Waals surface area contributed by atoms with Crippen molar-refractivity contribution < 1.29 is 9.53 Å². The lowest BCUT2D eigenvalue weighted by Crippen LogP contribution is -2.42. The molecule has 3 N–H and O–H groups in total. The second kappa shape index (κ2) is 11.3.